The van der Waals surface area contributed by atoms with Gasteiger partial charge in [0.1, 0.15) is 0 Å². The number of rotatable bonds is 9. The minimum Gasteiger partial charge on any atom is -0.379 e. The summed E-state index contributed by atoms with van der Waals surface area (Å²) in [6.07, 6.45) is 5.00. The Hall–Kier alpha value is -1.64. The molecular weight excluding hydrogens is 398 g/mol. The second kappa shape index (κ2) is 12.9. The van der Waals surface area contributed by atoms with E-state index in [1.807, 2.05) is 4.90 Å². The lowest BCUT2D eigenvalue weighted by molar-refractivity contribution is -0.130. The van der Waals surface area contributed by atoms with E-state index >= 15 is 0 Å². The Kier molecular flexibility index (Phi) is 9.92. The summed E-state index contributed by atoms with van der Waals surface area (Å²) in [5.41, 5.74) is 0. The van der Waals surface area contributed by atoms with Gasteiger partial charge < -0.3 is 20.3 Å². The van der Waals surface area contributed by atoms with Gasteiger partial charge >= 0.3 is 0 Å². The van der Waals surface area contributed by atoms with Crippen LogP contribution in [0.25, 0.3) is 0 Å². The number of amides is 1. The van der Waals surface area contributed by atoms with Crippen molar-refractivity contribution < 1.29 is 9.53 Å². The molecule has 0 radical (unpaired) electrons. The predicted molar refractivity (Wildman–Crippen MR) is 123 cm³/mol. The number of guanidine groups is 1. The van der Waals surface area contributed by atoms with Gasteiger partial charge in [-0.1, -0.05) is 12.5 Å². The minimum atomic E-state index is 0.291. The van der Waals surface area contributed by atoms with E-state index in [9.17, 15) is 4.79 Å². The molecule has 1 atom stereocenters. The van der Waals surface area contributed by atoms with Crippen LogP contribution in [0.15, 0.2) is 22.5 Å². The van der Waals surface area contributed by atoms with E-state index in [1.165, 1.54) is 11.3 Å². The molecule has 2 aliphatic heterocycles. The van der Waals surface area contributed by atoms with Crippen LogP contribution in [0.1, 0.15) is 49.9 Å². The van der Waals surface area contributed by atoms with Gasteiger partial charge in [-0.3, -0.25) is 14.7 Å². The van der Waals surface area contributed by atoms with E-state index in [4.69, 9.17) is 9.73 Å². The monoisotopic (exact) mass is 435 g/mol. The van der Waals surface area contributed by atoms with Crippen LogP contribution < -0.4 is 10.6 Å². The molecule has 0 spiro atoms. The molecule has 0 aliphatic carbocycles. The van der Waals surface area contributed by atoms with E-state index in [2.05, 4.69) is 40.0 Å². The highest BCUT2D eigenvalue weighted by Gasteiger charge is 2.23. The van der Waals surface area contributed by atoms with Crippen molar-refractivity contribution in [2.24, 2.45) is 4.99 Å². The molecule has 8 heteroatoms. The van der Waals surface area contributed by atoms with Crippen LogP contribution in [0.3, 0.4) is 0 Å². The fourth-order valence-electron chi connectivity index (χ4n) is 4.03. The molecule has 0 bridgehead atoms. The topological polar surface area (TPSA) is 69.2 Å². The lowest BCUT2D eigenvalue weighted by atomic mass is 10.2. The van der Waals surface area contributed by atoms with Crippen molar-refractivity contribution in [2.75, 3.05) is 59.0 Å². The van der Waals surface area contributed by atoms with E-state index in [0.717, 1.165) is 84.2 Å². The third-order valence-electron chi connectivity index (χ3n) is 5.69. The lowest BCUT2D eigenvalue weighted by Crippen LogP contribution is -2.42. The Labute approximate surface area is 184 Å². The zero-order valence-corrected chi connectivity index (χ0v) is 19.1. The van der Waals surface area contributed by atoms with Crippen LogP contribution in [0.5, 0.6) is 0 Å². The highest BCUT2D eigenvalue weighted by Crippen LogP contribution is 2.26. The number of nitrogens with one attached hydrogen (secondary N) is 2. The first-order chi connectivity index (χ1) is 14.8. The van der Waals surface area contributed by atoms with E-state index < -0.39 is 0 Å². The van der Waals surface area contributed by atoms with Crippen molar-refractivity contribution in [3.05, 3.63) is 22.4 Å². The van der Waals surface area contributed by atoms with Crippen LogP contribution in [0, 0.1) is 0 Å². The summed E-state index contributed by atoms with van der Waals surface area (Å²) < 4.78 is 5.54. The van der Waals surface area contributed by atoms with Crippen LogP contribution in [-0.2, 0) is 9.53 Å². The molecule has 3 rings (SSSR count). The summed E-state index contributed by atoms with van der Waals surface area (Å²) in [5, 5.41) is 8.96. The molecule has 1 amide bonds. The average Bonchev–Trinajstić information content (AvgIpc) is 3.22. The van der Waals surface area contributed by atoms with E-state index in [1.54, 1.807) is 11.3 Å². The molecule has 7 nitrogen and oxygen atoms in total. The van der Waals surface area contributed by atoms with Crippen molar-refractivity contribution in [1.82, 2.24) is 20.4 Å². The first-order valence-corrected chi connectivity index (χ1v) is 12.3. The quantitative estimate of drug-likeness (QED) is 0.354. The lowest BCUT2D eigenvalue weighted by Gasteiger charge is -2.33. The Morgan fingerprint density at radius 3 is 2.87 bits per heavy atom. The maximum atomic E-state index is 12.1. The van der Waals surface area contributed by atoms with Gasteiger partial charge in [0.2, 0.25) is 5.91 Å². The van der Waals surface area contributed by atoms with Crippen molar-refractivity contribution in [2.45, 2.75) is 45.1 Å². The smallest absolute Gasteiger partial charge is 0.222 e. The van der Waals surface area contributed by atoms with Crippen molar-refractivity contribution in [3.8, 4) is 0 Å². The second-order valence-corrected chi connectivity index (χ2v) is 8.85. The summed E-state index contributed by atoms with van der Waals surface area (Å²) in [6, 6.07) is 4.61. The first kappa shape index (κ1) is 23.0. The predicted octanol–water partition coefficient (Wildman–Crippen LogP) is 2.47. The summed E-state index contributed by atoms with van der Waals surface area (Å²) in [5.74, 6) is 1.17. The summed E-state index contributed by atoms with van der Waals surface area (Å²) >= 11 is 1.80. The zero-order valence-electron chi connectivity index (χ0n) is 18.3. The first-order valence-electron chi connectivity index (χ1n) is 11.4. The number of nitrogens with zero attached hydrogens (tertiary/aromatic N) is 3. The number of likely N-dealkylation sites (tertiary alicyclic amines) is 1. The van der Waals surface area contributed by atoms with Gasteiger partial charge in [-0.25, -0.2) is 0 Å². The molecule has 1 unspecified atom stereocenters. The molecule has 1 aromatic heterocycles. The van der Waals surface area contributed by atoms with Gasteiger partial charge in [-0.15, -0.1) is 11.3 Å². The highest BCUT2D eigenvalue weighted by atomic mass is 32.1. The SMILES string of the molecule is CCNC(=NCC(c1cccs1)N1CCOCC1)NCCCN1CCCCCC1=O. The van der Waals surface area contributed by atoms with Crippen molar-refractivity contribution in [1.29, 1.82) is 0 Å². The molecule has 0 saturated carbocycles. The minimum absolute atomic E-state index is 0.291. The normalized spacial score (nSPS) is 20.1. The molecular formula is C22H37N5O2S. The molecule has 168 valence electrons. The summed E-state index contributed by atoms with van der Waals surface area (Å²) in [6.45, 7) is 9.68. The molecule has 1 aromatic rings. The zero-order chi connectivity index (χ0) is 21.0. The standard InChI is InChI=1S/C22H37N5O2S/c1-2-23-22(24-10-7-12-27-11-5-3-4-9-21(27)28)25-18-19(20-8-6-17-30-20)26-13-15-29-16-14-26/h6,8,17,19H,2-5,7,9-16,18H2,1H3,(H2,23,24,25). The number of thiophene rings is 1. The fraction of sp³-hybridized carbons (Fsp3) is 0.727. The molecule has 0 aromatic carbocycles. The van der Waals surface area contributed by atoms with Crippen molar-refractivity contribution in [3.63, 3.8) is 0 Å². The molecule has 2 saturated heterocycles. The molecule has 30 heavy (non-hydrogen) atoms. The van der Waals surface area contributed by atoms with E-state index in [0.29, 0.717) is 18.4 Å². The maximum absolute atomic E-state index is 12.1. The van der Waals surface area contributed by atoms with Crippen molar-refractivity contribution >= 4 is 23.2 Å². The van der Waals surface area contributed by atoms with Gasteiger partial charge in [0, 0.05) is 50.6 Å². The number of ether oxygens (including phenoxy) is 1. The van der Waals surface area contributed by atoms with Gasteiger partial charge in [-0.2, -0.15) is 0 Å². The van der Waals surface area contributed by atoms with Crippen LogP contribution in [0.4, 0.5) is 0 Å². The highest BCUT2D eigenvalue weighted by molar-refractivity contribution is 7.10. The van der Waals surface area contributed by atoms with E-state index in [-0.39, 0.29) is 0 Å². The molecule has 2 N–H and O–H groups in total. The number of morpholine rings is 1. The number of hydrogen-bond acceptors (Lipinski definition) is 5. The third-order valence-corrected chi connectivity index (χ3v) is 6.67. The fourth-order valence-corrected chi connectivity index (χ4v) is 4.88. The van der Waals surface area contributed by atoms with Crippen LogP contribution >= 0.6 is 11.3 Å². The molecule has 3 heterocycles. The summed E-state index contributed by atoms with van der Waals surface area (Å²) in [4.78, 5) is 22.9. The largest absolute Gasteiger partial charge is 0.379 e. The molecule has 2 fully saturated rings. The van der Waals surface area contributed by atoms with Crippen LogP contribution in [-0.4, -0.2) is 80.7 Å². The third kappa shape index (κ3) is 7.25. The second-order valence-electron chi connectivity index (χ2n) is 7.87. The number of aliphatic imine (C=N–C) groups is 1. The van der Waals surface area contributed by atoms with Gasteiger partial charge in [-0.05, 0) is 37.6 Å². The average molecular weight is 436 g/mol. The number of carbonyl (C=O) groups is 1. The Morgan fingerprint density at radius 1 is 1.23 bits per heavy atom. The summed E-state index contributed by atoms with van der Waals surface area (Å²) in [7, 11) is 0. The van der Waals surface area contributed by atoms with Crippen LogP contribution in [0.2, 0.25) is 0 Å². The molecule has 2 aliphatic rings. The Bertz CT molecular complexity index is 646. The van der Waals surface area contributed by atoms with Gasteiger partial charge in [0.05, 0.1) is 25.8 Å². The maximum Gasteiger partial charge on any atom is 0.222 e. The van der Waals surface area contributed by atoms with Gasteiger partial charge in [0.15, 0.2) is 5.96 Å². The van der Waals surface area contributed by atoms with Gasteiger partial charge in [0.25, 0.3) is 0 Å². The number of hydrogen-bond donors (Lipinski definition) is 2. The number of carbonyl (C=O) groups excluding carboxylic acids is 1. The Balaban J connectivity index is 1.51. The Morgan fingerprint density at radius 2 is 2.10 bits per heavy atom.